The van der Waals surface area contributed by atoms with Gasteiger partial charge in [0.25, 0.3) is 0 Å². The van der Waals surface area contributed by atoms with Gasteiger partial charge in [0.15, 0.2) is 5.16 Å². The Morgan fingerprint density at radius 2 is 2.40 bits per heavy atom. The highest BCUT2D eigenvalue weighted by Crippen LogP contribution is 2.18. The summed E-state index contributed by atoms with van der Waals surface area (Å²) in [5.41, 5.74) is 0. The van der Waals surface area contributed by atoms with Crippen molar-refractivity contribution in [3.8, 4) is 5.88 Å². The van der Waals surface area contributed by atoms with Crippen LogP contribution in [0.2, 0.25) is 0 Å². The summed E-state index contributed by atoms with van der Waals surface area (Å²) in [5, 5.41) is 3.67. The van der Waals surface area contributed by atoms with Gasteiger partial charge in [0.2, 0.25) is 5.88 Å². The summed E-state index contributed by atoms with van der Waals surface area (Å²) in [6.45, 7) is 4.22. The number of nitrogens with zero attached hydrogens (tertiary/aromatic N) is 2. The number of anilines is 1. The zero-order chi connectivity index (χ0) is 11.1. The van der Waals surface area contributed by atoms with Crippen molar-refractivity contribution in [1.29, 1.82) is 0 Å². The summed E-state index contributed by atoms with van der Waals surface area (Å²) < 4.78 is 5.46. The number of hydrogen-bond acceptors (Lipinski definition) is 5. The number of aromatic nitrogens is 2. The van der Waals surface area contributed by atoms with Gasteiger partial charge < -0.3 is 10.1 Å². The lowest BCUT2D eigenvalue weighted by molar-refractivity contribution is 0.309. The Balaban J connectivity index is 2.72. The second-order valence-corrected chi connectivity index (χ2v) is 3.53. The van der Waals surface area contributed by atoms with Crippen molar-refractivity contribution in [3.05, 3.63) is 18.7 Å². The Hall–Kier alpha value is -1.23. The predicted molar refractivity (Wildman–Crippen MR) is 63.7 cm³/mol. The highest BCUT2D eigenvalue weighted by Gasteiger charge is 2.03. The lowest BCUT2D eigenvalue weighted by Crippen LogP contribution is -2.02. The smallest absolute Gasteiger partial charge is 0.219 e. The second-order valence-electron chi connectivity index (χ2n) is 2.75. The number of hydrogen-bond donors (Lipinski definition) is 1. The Bertz CT molecular complexity index is 308. The van der Waals surface area contributed by atoms with Gasteiger partial charge in [-0.1, -0.05) is 17.8 Å². The lowest BCUT2D eigenvalue weighted by Gasteiger charge is -2.07. The van der Waals surface area contributed by atoms with E-state index in [1.165, 1.54) is 11.8 Å². The molecule has 0 aliphatic rings. The van der Waals surface area contributed by atoms with Crippen LogP contribution >= 0.6 is 11.8 Å². The van der Waals surface area contributed by atoms with Crippen LogP contribution in [-0.4, -0.2) is 29.9 Å². The molecule has 1 aromatic heterocycles. The molecule has 0 saturated heterocycles. The largest absolute Gasteiger partial charge is 0.477 e. The van der Waals surface area contributed by atoms with Crippen molar-refractivity contribution in [1.82, 2.24) is 9.97 Å². The van der Waals surface area contributed by atoms with Gasteiger partial charge in [-0.2, -0.15) is 4.98 Å². The molecule has 0 bridgehead atoms. The van der Waals surface area contributed by atoms with Crippen LogP contribution in [0.3, 0.4) is 0 Å². The van der Waals surface area contributed by atoms with E-state index in [2.05, 4.69) is 21.9 Å². The average Bonchev–Trinajstić information content (AvgIpc) is 2.29. The van der Waals surface area contributed by atoms with Gasteiger partial charge in [0.1, 0.15) is 5.82 Å². The Morgan fingerprint density at radius 1 is 1.60 bits per heavy atom. The fourth-order valence-electron chi connectivity index (χ4n) is 0.944. The van der Waals surface area contributed by atoms with Crippen molar-refractivity contribution < 1.29 is 4.74 Å². The minimum absolute atomic E-state index is 0.595. The van der Waals surface area contributed by atoms with E-state index < -0.39 is 0 Å². The van der Waals surface area contributed by atoms with Gasteiger partial charge in [0, 0.05) is 13.1 Å². The third kappa shape index (κ3) is 3.79. The Morgan fingerprint density at radius 3 is 3.00 bits per heavy atom. The van der Waals surface area contributed by atoms with Crippen LogP contribution in [0.25, 0.3) is 0 Å². The van der Waals surface area contributed by atoms with E-state index in [1.807, 2.05) is 19.4 Å². The lowest BCUT2D eigenvalue weighted by atomic mass is 10.4. The molecule has 1 heterocycles. The van der Waals surface area contributed by atoms with Crippen molar-refractivity contribution in [2.45, 2.75) is 11.6 Å². The molecular formula is C10H15N3OS. The van der Waals surface area contributed by atoms with Crippen molar-refractivity contribution in [2.75, 3.05) is 25.2 Å². The molecular weight excluding hydrogens is 210 g/mol. The van der Waals surface area contributed by atoms with Crippen molar-refractivity contribution in [2.24, 2.45) is 0 Å². The summed E-state index contributed by atoms with van der Waals surface area (Å²) in [6.07, 6.45) is 4.56. The van der Waals surface area contributed by atoms with E-state index in [1.54, 1.807) is 6.07 Å². The molecule has 1 aromatic rings. The van der Waals surface area contributed by atoms with E-state index in [-0.39, 0.29) is 0 Å². The van der Waals surface area contributed by atoms with E-state index >= 15 is 0 Å². The van der Waals surface area contributed by atoms with Gasteiger partial charge in [-0.05, 0) is 12.7 Å². The van der Waals surface area contributed by atoms with Crippen LogP contribution in [0, 0.1) is 0 Å². The molecule has 82 valence electrons. The average molecular weight is 225 g/mol. The standard InChI is InChI=1S/C10H15N3OS/c1-4-5-6-14-9-7-8(11-2)12-10(13-9)15-3/h4,7H,1,5-6H2,2-3H3,(H,11,12,13). The summed E-state index contributed by atoms with van der Waals surface area (Å²) in [5.74, 6) is 1.36. The maximum atomic E-state index is 5.46. The first kappa shape index (κ1) is 11.8. The van der Waals surface area contributed by atoms with Gasteiger partial charge in [-0.3, -0.25) is 0 Å². The highest BCUT2D eigenvalue weighted by atomic mass is 32.2. The molecule has 0 aromatic carbocycles. The summed E-state index contributed by atoms with van der Waals surface area (Å²) in [7, 11) is 1.82. The monoisotopic (exact) mass is 225 g/mol. The molecule has 0 spiro atoms. The molecule has 0 aliphatic heterocycles. The van der Waals surface area contributed by atoms with E-state index in [0.29, 0.717) is 17.6 Å². The zero-order valence-electron chi connectivity index (χ0n) is 8.99. The van der Waals surface area contributed by atoms with Crippen LogP contribution in [0.1, 0.15) is 6.42 Å². The minimum Gasteiger partial charge on any atom is -0.477 e. The SMILES string of the molecule is C=CCCOc1cc(NC)nc(SC)n1. The van der Waals surface area contributed by atoms with E-state index in [4.69, 9.17) is 4.74 Å². The van der Waals surface area contributed by atoms with Crippen LogP contribution in [0.4, 0.5) is 5.82 Å². The van der Waals surface area contributed by atoms with Crippen LogP contribution in [0.5, 0.6) is 5.88 Å². The molecule has 0 saturated carbocycles. The maximum absolute atomic E-state index is 5.46. The van der Waals surface area contributed by atoms with E-state index in [9.17, 15) is 0 Å². The minimum atomic E-state index is 0.595. The topological polar surface area (TPSA) is 47.0 Å². The third-order valence-corrected chi connectivity index (χ3v) is 2.24. The van der Waals surface area contributed by atoms with Gasteiger partial charge in [-0.25, -0.2) is 4.98 Å². The number of rotatable bonds is 6. The first-order valence-electron chi connectivity index (χ1n) is 4.64. The van der Waals surface area contributed by atoms with E-state index in [0.717, 1.165) is 12.2 Å². The molecule has 0 atom stereocenters. The highest BCUT2D eigenvalue weighted by molar-refractivity contribution is 7.98. The molecule has 5 heteroatoms. The fourth-order valence-corrected chi connectivity index (χ4v) is 1.31. The number of nitrogens with one attached hydrogen (secondary N) is 1. The molecule has 0 amide bonds. The first-order valence-corrected chi connectivity index (χ1v) is 5.87. The molecule has 0 unspecified atom stereocenters. The van der Waals surface area contributed by atoms with Crippen LogP contribution in [0.15, 0.2) is 23.9 Å². The molecule has 15 heavy (non-hydrogen) atoms. The molecule has 0 radical (unpaired) electrons. The first-order chi connectivity index (χ1) is 7.30. The summed E-state index contributed by atoms with van der Waals surface area (Å²) >= 11 is 1.49. The van der Waals surface area contributed by atoms with Crippen molar-refractivity contribution >= 4 is 17.6 Å². The molecule has 0 aliphatic carbocycles. The maximum Gasteiger partial charge on any atom is 0.219 e. The molecule has 4 nitrogen and oxygen atoms in total. The van der Waals surface area contributed by atoms with Gasteiger partial charge >= 0.3 is 0 Å². The van der Waals surface area contributed by atoms with Crippen LogP contribution in [-0.2, 0) is 0 Å². The zero-order valence-corrected chi connectivity index (χ0v) is 9.80. The van der Waals surface area contributed by atoms with Gasteiger partial charge in [0.05, 0.1) is 6.61 Å². The fraction of sp³-hybridized carbons (Fsp3) is 0.400. The Labute approximate surface area is 94.2 Å². The van der Waals surface area contributed by atoms with Gasteiger partial charge in [-0.15, -0.1) is 6.58 Å². The quantitative estimate of drug-likeness (QED) is 0.348. The molecule has 0 fully saturated rings. The number of ether oxygens (including phenoxy) is 1. The number of thioether (sulfide) groups is 1. The molecule has 1 N–H and O–H groups in total. The second kappa shape index (κ2) is 6.29. The predicted octanol–water partition coefficient (Wildman–Crippen LogP) is 2.20. The summed E-state index contributed by atoms with van der Waals surface area (Å²) in [6, 6.07) is 1.78. The third-order valence-electron chi connectivity index (χ3n) is 1.69. The Kier molecular flexibility index (Phi) is 4.97. The normalized spacial score (nSPS) is 9.73. The molecule has 1 rings (SSSR count). The van der Waals surface area contributed by atoms with Crippen LogP contribution < -0.4 is 10.1 Å². The summed E-state index contributed by atoms with van der Waals surface area (Å²) in [4.78, 5) is 8.47. The van der Waals surface area contributed by atoms with Crippen molar-refractivity contribution in [3.63, 3.8) is 0 Å².